The summed E-state index contributed by atoms with van der Waals surface area (Å²) in [5.41, 5.74) is 18.8. The molecule has 0 bridgehead atoms. The molecule has 0 saturated carbocycles. The van der Waals surface area contributed by atoms with Gasteiger partial charge < -0.3 is 9.80 Å². The summed E-state index contributed by atoms with van der Waals surface area (Å²) in [5.74, 6) is 0.328. The molecule has 0 amide bonds. The minimum atomic E-state index is 0.328. The van der Waals surface area contributed by atoms with Gasteiger partial charge in [-0.15, -0.1) is 0 Å². The smallest absolute Gasteiger partial charge is 0.0540 e. The largest absolute Gasteiger partial charge is 0.311 e. The first kappa shape index (κ1) is 36.2. The van der Waals surface area contributed by atoms with Gasteiger partial charge in [0.2, 0.25) is 0 Å². The average Bonchev–Trinajstić information content (AvgIpc) is 3.58. The Hall–Kier alpha value is -7.42. The Balaban J connectivity index is 1.02. The summed E-state index contributed by atoms with van der Waals surface area (Å²) in [6.45, 7) is 10.5. The maximum absolute atomic E-state index is 4.18. The Morgan fingerprint density at radius 2 is 0.914 bits per heavy atom. The number of allylic oxidation sites excluding steroid dienone is 3. The molecule has 1 aliphatic rings. The summed E-state index contributed by atoms with van der Waals surface area (Å²) in [4.78, 5) is 4.61. The van der Waals surface area contributed by atoms with Gasteiger partial charge in [-0.2, -0.15) is 0 Å². The second kappa shape index (κ2) is 16.0. The number of rotatable bonds is 11. The van der Waals surface area contributed by atoms with Crippen molar-refractivity contribution < 1.29 is 0 Å². The molecule has 1 aliphatic carbocycles. The molecule has 0 saturated heterocycles. The first-order valence-corrected chi connectivity index (χ1v) is 19.9. The van der Waals surface area contributed by atoms with Crippen molar-refractivity contribution in [3.05, 3.63) is 248 Å². The van der Waals surface area contributed by atoms with Crippen LogP contribution >= 0.6 is 0 Å². The summed E-state index contributed by atoms with van der Waals surface area (Å²) in [7, 11) is 0. The van der Waals surface area contributed by atoms with Gasteiger partial charge in [0, 0.05) is 39.9 Å². The number of nitrogens with zero attached hydrogens (tertiary/aromatic N) is 2. The van der Waals surface area contributed by atoms with Gasteiger partial charge in [0.25, 0.3) is 0 Å². The van der Waals surface area contributed by atoms with Crippen LogP contribution in [0.4, 0.5) is 28.4 Å². The van der Waals surface area contributed by atoms with E-state index in [0.717, 1.165) is 56.4 Å². The minimum Gasteiger partial charge on any atom is -0.311 e. The molecule has 8 aromatic rings. The first-order chi connectivity index (χ1) is 28.6. The van der Waals surface area contributed by atoms with Crippen LogP contribution in [0, 0.1) is 0 Å². The molecular weight excluding hydrogens is 701 g/mol. The Morgan fingerprint density at radius 1 is 0.431 bits per heavy atom. The van der Waals surface area contributed by atoms with Gasteiger partial charge >= 0.3 is 0 Å². The third-order valence-electron chi connectivity index (χ3n) is 11.3. The number of fused-ring (bicyclic) bond motifs is 3. The monoisotopic (exact) mass is 744 g/mol. The van der Waals surface area contributed by atoms with Crippen molar-refractivity contribution in [1.82, 2.24) is 0 Å². The van der Waals surface area contributed by atoms with Crippen molar-refractivity contribution in [3.8, 4) is 44.5 Å². The van der Waals surface area contributed by atoms with Gasteiger partial charge in [0.1, 0.15) is 0 Å². The van der Waals surface area contributed by atoms with Gasteiger partial charge in [-0.3, -0.25) is 0 Å². The third-order valence-corrected chi connectivity index (χ3v) is 11.3. The molecule has 8 aromatic carbocycles. The van der Waals surface area contributed by atoms with Crippen molar-refractivity contribution in [2.45, 2.75) is 12.8 Å². The predicted octanol–water partition coefficient (Wildman–Crippen LogP) is 15.7. The van der Waals surface area contributed by atoms with Gasteiger partial charge in [-0.25, -0.2) is 0 Å². The van der Waals surface area contributed by atoms with E-state index in [-0.39, 0.29) is 0 Å². The van der Waals surface area contributed by atoms with Crippen LogP contribution in [0.2, 0.25) is 0 Å². The fourth-order valence-electron chi connectivity index (χ4n) is 8.38. The molecule has 9 rings (SSSR count). The molecule has 0 spiro atoms. The van der Waals surface area contributed by atoms with Gasteiger partial charge in [-0.1, -0.05) is 172 Å². The molecule has 0 aromatic heterocycles. The zero-order chi connectivity index (χ0) is 39.4. The van der Waals surface area contributed by atoms with E-state index in [1.54, 1.807) is 0 Å². The first-order valence-electron chi connectivity index (χ1n) is 19.9. The molecule has 0 heterocycles. The van der Waals surface area contributed by atoms with E-state index in [2.05, 4.69) is 230 Å². The lowest BCUT2D eigenvalue weighted by Crippen LogP contribution is -2.15. The summed E-state index contributed by atoms with van der Waals surface area (Å²) in [6.07, 6.45) is 5.74. The van der Waals surface area contributed by atoms with Crippen molar-refractivity contribution in [2.75, 3.05) is 9.80 Å². The van der Waals surface area contributed by atoms with E-state index < -0.39 is 0 Å². The van der Waals surface area contributed by atoms with Crippen LogP contribution in [0.5, 0.6) is 0 Å². The molecular formula is C56H44N2. The van der Waals surface area contributed by atoms with E-state index in [4.69, 9.17) is 0 Å². The highest BCUT2D eigenvalue weighted by molar-refractivity contribution is 5.89. The van der Waals surface area contributed by atoms with Crippen LogP contribution in [0.15, 0.2) is 237 Å². The average molecular weight is 745 g/mol. The van der Waals surface area contributed by atoms with Gasteiger partial charge in [-0.05, 0) is 117 Å². The zero-order valence-corrected chi connectivity index (χ0v) is 32.7. The number of hydrogen-bond donors (Lipinski definition) is 0. The van der Waals surface area contributed by atoms with E-state index in [9.17, 15) is 0 Å². The molecule has 0 aliphatic heterocycles. The van der Waals surface area contributed by atoms with Crippen LogP contribution in [-0.2, 0) is 0 Å². The van der Waals surface area contributed by atoms with E-state index in [1.165, 1.54) is 33.4 Å². The summed E-state index contributed by atoms with van der Waals surface area (Å²) in [5, 5.41) is 0. The molecule has 2 nitrogen and oxygen atoms in total. The maximum atomic E-state index is 4.18. The molecule has 1 atom stereocenters. The van der Waals surface area contributed by atoms with Crippen molar-refractivity contribution in [1.29, 1.82) is 0 Å². The number of benzene rings is 8. The number of anilines is 5. The normalized spacial score (nSPS) is 13.0. The van der Waals surface area contributed by atoms with E-state index in [1.807, 2.05) is 18.2 Å². The highest BCUT2D eigenvalue weighted by Gasteiger charge is 2.26. The molecule has 0 N–H and O–H groups in total. The van der Waals surface area contributed by atoms with Gasteiger partial charge in [0.05, 0.1) is 5.69 Å². The Kier molecular flexibility index (Phi) is 9.98. The summed E-state index contributed by atoms with van der Waals surface area (Å²) in [6, 6.07) is 72.0. The molecule has 0 radical (unpaired) electrons. The Bertz CT molecular complexity index is 2740. The van der Waals surface area contributed by atoms with Crippen LogP contribution in [0.3, 0.4) is 0 Å². The molecule has 1 unspecified atom stereocenters. The highest BCUT2D eigenvalue weighted by atomic mass is 15.1. The minimum absolute atomic E-state index is 0.328. The highest BCUT2D eigenvalue weighted by Crippen LogP contribution is 2.47. The standard InChI is InChI=1S/C56H44N2/c1-4-16-46(5-2)57(50-37-38-54-53-23-13-12-21-51(53)40(3)55(54)39-50)48-33-29-44(30-34-48)42-25-27-45(28-26-42)52-22-14-15-24-56(52)58(47-19-10-7-11-20-47)49-35-31-43(32-36-49)41-17-8-6-9-18-41/h4-40H,1-2H2,3H3/b46-16+. The van der Waals surface area contributed by atoms with Crippen molar-refractivity contribution in [3.63, 3.8) is 0 Å². The van der Waals surface area contributed by atoms with Crippen molar-refractivity contribution in [2.24, 2.45) is 0 Å². The summed E-state index contributed by atoms with van der Waals surface area (Å²) >= 11 is 0. The Morgan fingerprint density at radius 3 is 1.57 bits per heavy atom. The lowest BCUT2D eigenvalue weighted by molar-refractivity contribution is 0.955. The third kappa shape index (κ3) is 6.86. The van der Waals surface area contributed by atoms with Crippen LogP contribution in [0.25, 0.3) is 44.5 Å². The SMILES string of the molecule is C=C/C=C(\C=C)N(c1ccc(-c2ccc(-c3ccccc3N(c3ccccc3)c3ccc(-c4ccccc4)cc3)cc2)cc1)c1ccc2c(c1)C(C)c1ccccc1-2. The lowest BCUT2D eigenvalue weighted by atomic mass is 9.97. The van der Waals surface area contributed by atoms with E-state index >= 15 is 0 Å². The van der Waals surface area contributed by atoms with Crippen LogP contribution in [0.1, 0.15) is 24.0 Å². The molecule has 58 heavy (non-hydrogen) atoms. The number of para-hydroxylation sites is 2. The fourth-order valence-corrected chi connectivity index (χ4v) is 8.38. The van der Waals surface area contributed by atoms with Crippen LogP contribution < -0.4 is 9.80 Å². The summed E-state index contributed by atoms with van der Waals surface area (Å²) < 4.78 is 0. The number of hydrogen-bond acceptors (Lipinski definition) is 2. The van der Waals surface area contributed by atoms with E-state index in [0.29, 0.717) is 5.92 Å². The maximum Gasteiger partial charge on any atom is 0.0540 e. The van der Waals surface area contributed by atoms with Crippen molar-refractivity contribution >= 4 is 28.4 Å². The second-order valence-corrected chi connectivity index (χ2v) is 14.7. The quantitative estimate of drug-likeness (QED) is 0.122. The second-order valence-electron chi connectivity index (χ2n) is 14.7. The lowest BCUT2D eigenvalue weighted by Gasteiger charge is -2.28. The van der Waals surface area contributed by atoms with Crippen LogP contribution in [-0.4, -0.2) is 0 Å². The Labute approximate surface area is 342 Å². The zero-order valence-electron chi connectivity index (χ0n) is 32.7. The van der Waals surface area contributed by atoms with Gasteiger partial charge in [0.15, 0.2) is 0 Å². The predicted molar refractivity (Wildman–Crippen MR) is 247 cm³/mol. The topological polar surface area (TPSA) is 6.48 Å². The molecule has 0 fully saturated rings. The fraction of sp³-hybridized carbons (Fsp3) is 0.0357. The molecule has 278 valence electrons. The molecule has 2 heteroatoms.